The third-order valence-electron chi connectivity index (χ3n) is 4.96. The van der Waals surface area contributed by atoms with Gasteiger partial charge in [0.15, 0.2) is 5.13 Å². The van der Waals surface area contributed by atoms with Crippen LogP contribution in [0.2, 0.25) is 10.0 Å². The monoisotopic (exact) mass is 467 g/mol. The van der Waals surface area contributed by atoms with Gasteiger partial charge in [-0.25, -0.2) is 9.78 Å². The molecule has 0 spiro atoms. The van der Waals surface area contributed by atoms with Crippen LogP contribution in [0.5, 0.6) is 0 Å². The minimum Gasteiger partial charge on any atom is -0.465 e. The number of thiazole rings is 1. The molecule has 11 heteroatoms. The maximum atomic E-state index is 12.7. The molecule has 1 aliphatic rings. The first-order valence-corrected chi connectivity index (χ1v) is 10.7. The molecule has 4 N–H and O–H groups in total. The van der Waals surface area contributed by atoms with Crippen molar-refractivity contribution in [3.05, 3.63) is 39.1 Å². The predicted molar refractivity (Wildman–Crippen MR) is 119 cm³/mol. The van der Waals surface area contributed by atoms with Gasteiger partial charge in [0.05, 0.1) is 33.1 Å². The zero-order valence-electron chi connectivity index (χ0n) is 16.2. The molecule has 0 unspecified atom stereocenters. The number of nitrogens with zero attached hydrogens (tertiary/aromatic N) is 2. The van der Waals surface area contributed by atoms with Gasteiger partial charge in [0.2, 0.25) is 0 Å². The van der Waals surface area contributed by atoms with Gasteiger partial charge < -0.3 is 20.4 Å². The molecule has 4 rings (SSSR count). The van der Waals surface area contributed by atoms with Gasteiger partial charge in [0.25, 0.3) is 5.91 Å². The van der Waals surface area contributed by atoms with E-state index < -0.39 is 11.9 Å². The van der Waals surface area contributed by atoms with Crippen LogP contribution in [0.3, 0.4) is 0 Å². The molecule has 1 aromatic carbocycles. The number of rotatable bonds is 4. The van der Waals surface area contributed by atoms with E-state index in [0.29, 0.717) is 33.5 Å². The zero-order valence-corrected chi connectivity index (χ0v) is 18.5. The molecule has 1 atom stereocenters. The number of ether oxygens (including phenoxy) is 1. The van der Waals surface area contributed by atoms with Crippen molar-refractivity contribution in [3.8, 4) is 0 Å². The van der Waals surface area contributed by atoms with Crippen LogP contribution < -0.4 is 16.0 Å². The predicted octanol–water partition coefficient (Wildman–Crippen LogP) is 3.82. The quantitative estimate of drug-likeness (QED) is 0.502. The third-order valence-corrected chi connectivity index (χ3v) is 6.83. The van der Waals surface area contributed by atoms with E-state index in [4.69, 9.17) is 33.7 Å². The first-order valence-electron chi connectivity index (χ1n) is 9.16. The lowest BCUT2D eigenvalue weighted by molar-refractivity contribution is 0.0601. The number of aromatic amines is 1. The number of hydrogen-bond donors (Lipinski definition) is 3. The van der Waals surface area contributed by atoms with Crippen molar-refractivity contribution >= 4 is 67.5 Å². The number of esters is 1. The molecule has 1 fully saturated rings. The highest BCUT2D eigenvalue weighted by Gasteiger charge is 2.25. The molecule has 0 aliphatic carbocycles. The zero-order chi connectivity index (χ0) is 21.6. The Morgan fingerprint density at radius 2 is 2.13 bits per heavy atom. The Morgan fingerprint density at radius 1 is 1.37 bits per heavy atom. The van der Waals surface area contributed by atoms with Crippen LogP contribution in [0, 0.1) is 6.92 Å². The Kier molecular flexibility index (Phi) is 5.63. The molecule has 3 heterocycles. The molecule has 1 amide bonds. The van der Waals surface area contributed by atoms with Crippen molar-refractivity contribution in [1.29, 1.82) is 0 Å². The molecule has 158 valence electrons. The Balaban J connectivity index is 1.72. The summed E-state index contributed by atoms with van der Waals surface area (Å²) in [7, 11) is 1.34. The van der Waals surface area contributed by atoms with Crippen molar-refractivity contribution in [2.45, 2.75) is 19.4 Å². The Hall–Kier alpha value is -2.33. The van der Waals surface area contributed by atoms with E-state index in [1.54, 1.807) is 19.1 Å². The molecular formula is C19H19Cl2N5O3S. The molecule has 8 nitrogen and oxygen atoms in total. The highest BCUT2D eigenvalue weighted by molar-refractivity contribution is 7.22. The van der Waals surface area contributed by atoms with Crippen LogP contribution in [-0.4, -0.2) is 48.1 Å². The summed E-state index contributed by atoms with van der Waals surface area (Å²) in [4.78, 5) is 34.4. The number of benzene rings is 1. The van der Waals surface area contributed by atoms with E-state index in [-0.39, 0.29) is 16.8 Å². The summed E-state index contributed by atoms with van der Waals surface area (Å²) in [5.74, 6) is -0.893. The number of nitrogens with one attached hydrogen (secondary N) is 2. The highest BCUT2D eigenvalue weighted by atomic mass is 35.5. The number of fused-ring (bicyclic) bond motifs is 1. The average Bonchev–Trinajstić information content (AvgIpc) is 3.40. The summed E-state index contributed by atoms with van der Waals surface area (Å²) in [6, 6.07) is 3.52. The lowest BCUT2D eigenvalue weighted by Crippen LogP contribution is -2.26. The standard InChI is InChI=1S/C19H19Cl2N5O3S/c1-8-13(20)14(21)16(23-8)17(27)25-19-24-15-11(26-4-3-10(22)7-26)5-9(18(28)29-2)6-12(15)30-19/h5-6,10,23H,3-4,7,22H2,1-2H3,(H,24,25,27)/t10-/m0/s1. The normalized spacial score (nSPS) is 16.3. The minimum absolute atomic E-state index is 0.0580. The number of halogens is 2. The molecule has 0 radical (unpaired) electrons. The summed E-state index contributed by atoms with van der Waals surface area (Å²) in [5.41, 5.74) is 8.71. The van der Waals surface area contributed by atoms with Gasteiger partial charge in [-0.1, -0.05) is 34.5 Å². The fourth-order valence-corrected chi connectivity index (χ4v) is 4.77. The van der Waals surface area contributed by atoms with Gasteiger partial charge in [0, 0.05) is 24.8 Å². The van der Waals surface area contributed by atoms with E-state index in [1.165, 1.54) is 18.4 Å². The van der Waals surface area contributed by atoms with Crippen molar-refractivity contribution in [2.24, 2.45) is 5.73 Å². The maximum absolute atomic E-state index is 12.7. The lowest BCUT2D eigenvalue weighted by atomic mass is 10.1. The summed E-state index contributed by atoms with van der Waals surface area (Å²) in [5, 5.41) is 3.60. The van der Waals surface area contributed by atoms with E-state index in [9.17, 15) is 9.59 Å². The fraction of sp³-hybridized carbons (Fsp3) is 0.316. The number of nitrogens with two attached hydrogens (primary N) is 1. The lowest BCUT2D eigenvalue weighted by Gasteiger charge is -2.19. The van der Waals surface area contributed by atoms with Crippen molar-refractivity contribution in [2.75, 3.05) is 30.4 Å². The van der Waals surface area contributed by atoms with E-state index >= 15 is 0 Å². The van der Waals surface area contributed by atoms with E-state index in [2.05, 4.69) is 20.2 Å². The van der Waals surface area contributed by atoms with Crippen LogP contribution in [0.25, 0.3) is 10.2 Å². The molecule has 1 aliphatic heterocycles. The molecule has 3 aromatic rings. The number of aryl methyl sites for hydroxylation is 1. The number of carbonyl (C=O) groups is 2. The van der Waals surface area contributed by atoms with Gasteiger partial charge in [-0.2, -0.15) is 0 Å². The average molecular weight is 468 g/mol. The van der Waals surface area contributed by atoms with Crippen LogP contribution in [0.15, 0.2) is 12.1 Å². The highest BCUT2D eigenvalue weighted by Crippen LogP contribution is 2.36. The van der Waals surface area contributed by atoms with Crippen LogP contribution in [0.1, 0.15) is 33.0 Å². The molecule has 1 saturated heterocycles. The molecular weight excluding hydrogens is 449 g/mol. The first-order chi connectivity index (χ1) is 14.3. The molecule has 30 heavy (non-hydrogen) atoms. The number of aromatic nitrogens is 2. The van der Waals surface area contributed by atoms with Gasteiger partial charge in [-0.15, -0.1) is 0 Å². The molecule has 0 bridgehead atoms. The molecule has 0 saturated carbocycles. The van der Waals surface area contributed by atoms with Gasteiger partial charge in [0.1, 0.15) is 11.2 Å². The van der Waals surface area contributed by atoms with Crippen LogP contribution in [-0.2, 0) is 4.74 Å². The van der Waals surface area contributed by atoms with Gasteiger partial charge in [-0.05, 0) is 25.5 Å². The summed E-state index contributed by atoms with van der Waals surface area (Å²) in [6.45, 7) is 3.15. The Labute approximate surface area is 186 Å². The fourth-order valence-electron chi connectivity index (χ4n) is 3.44. The van der Waals surface area contributed by atoms with Crippen molar-refractivity contribution in [3.63, 3.8) is 0 Å². The van der Waals surface area contributed by atoms with E-state index in [1.807, 2.05) is 0 Å². The second kappa shape index (κ2) is 8.07. The summed E-state index contributed by atoms with van der Waals surface area (Å²) < 4.78 is 5.63. The number of hydrogen-bond acceptors (Lipinski definition) is 7. The van der Waals surface area contributed by atoms with Crippen LogP contribution in [0.4, 0.5) is 10.8 Å². The number of H-pyrrole nitrogens is 1. The smallest absolute Gasteiger partial charge is 0.337 e. The SMILES string of the molecule is COC(=O)c1cc(N2CC[C@H](N)C2)c2nc(NC(=O)c3[nH]c(C)c(Cl)c3Cl)sc2c1. The second-order valence-electron chi connectivity index (χ2n) is 7.05. The number of amides is 1. The number of carbonyl (C=O) groups excluding carboxylic acids is 2. The summed E-state index contributed by atoms with van der Waals surface area (Å²) in [6.07, 6.45) is 0.850. The first kappa shape index (κ1) is 20.9. The van der Waals surface area contributed by atoms with Crippen LogP contribution >= 0.6 is 34.5 Å². The van der Waals surface area contributed by atoms with Crippen molar-refractivity contribution in [1.82, 2.24) is 9.97 Å². The summed E-state index contributed by atoms with van der Waals surface area (Å²) >= 11 is 13.5. The maximum Gasteiger partial charge on any atom is 0.337 e. The third kappa shape index (κ3) is 3.74. The van der Waals surface area contributed by atoms with E-state index in [0.717, 1.165) is 23.4 Å². The minimum atomic E-state index is -0.452. The number of methoxy groups -OCH3 is 1. The largest absolute Gasteiger partial charge is 0.465 e. The van der Waals surface area contributed by atoms with Gasteiger partial charge in [-0.3, -0.25) is 10.1 Å². The van der Waals surface area contributed by atoms with Gasteiger partial charge >= 0.3 is 5.97 Å². The molecule has 2 aromatic heterocycles. The Bertz CT molecular complexity index is 1160. The Morgan fingerprint density at radius 3 is 2.73 bits per heavy atom. The topological polar surface area (TPSA) is 113 Å². The van der Waals surface area contributed by atoms with Crippen molar-refractivity contribution < 1.29 is 14.3 Å². The number of anilines is 2. The second-order valence-corrected chi connectivity index (χ2v) is 8.84.